The van der Waals surface area contributed by atoms with Crippen LogP contribution >= 0.6 is 0 Å². The first-order valence-electron chi connectivity index (χ1n) is 6.58. The minimum absolute atomic E-state index is 0.0863. The number of hydrogen-bond donors (Lipinski definition) is 1. The van der Waals surface area contributed by atoms with E-state index in [1.807, 2.05) is 50.2 Å². The Hall–Kier alpha value is -2.31. The highest BCUT2D eigenvalue weighted by molar-refractivity contribution is 5.40. The van der Waals surface area contributed by atoms with Gasteiger partial charge in [0, 0.05) is 17.2 Å². The summed E-state index contributed by atoms with van der Waals surface area (Å²) in [5, 5.41) is 9.08. The van der Waals surface area contributed by atoms with Crippen molar-refractivity contribution >= 4 is 0 Å². The molecule has 2 N–H and O–H groups in total. The maximum absolute atomic E-state index is 9.08. The molecular formula is C17H18N2O. The molecule has 0 aliphatic heterocycles. The van der Waals surface area contributed by atoms with Gasteiger partial charge in [0.1, 0.15) is 12.4 Å². The zero-order valence-electron chi connectivity index (χ0n) is 11.8. The van der Waals surface area contributed by atoms with Crippen LogP contribution in [-0.4, -0.2) is 0 Å². The summed E-state index contributed by atoms with van der Waals surface area (Å²) in [7, 11) is 0. The molecule has 0 amide bonds. The Morgan fingerprint density at radius 1 is 1.25 bits per heavy atom. The van der Waals surface area contributed by atoms with Crippen molar-refractivity contribution < 1.29 is 4.74 Å². The number of nitrogens with zero attached hydrogens (tertiary/aromatic N) is 1. The van der Waals surface area contributed by atoms with Crippen molar-refractivity contribution in [1.29, 1.82) is 5.26 Å². The summed E-state index contributed by atoms with van der Waals surface area (Å²) in [5.41, 5.74) is 9.58. The minimum Gasteiger partial charge on any atom is -0.489 e. The zero-order valence-corrected chi connectivity index (χ0v) is 11.8. The molecular weight excluding hydrogens is 248 g/mol. The quantitative estimate of drug-likeness (QED) is 0.921. The Morgan fingerprint density at radius 3 is 2.70 bits per heavy atom. The maximum atomic E-state index is 9.08. The maximum Gasteiger partial charge on any atom is 0.124 e. The molecule has 3 heteroatoms. The monoisotopic (exact) mass is 266 g/mol. The summed E-state index contributed by atoms with van der Waals surface area (Å²) in [6, 6.07) is 15.5. The summed E-state index contributed by atoms with van der Waals surface area (Å²) < 4.78 is 5.88. The highest BCUT2D eigenvalue weighted by Gasteiger charge is 2.09. The lowest BCUT2D eigenvalue weighted by Gasteiger charge is -2.15. The average molecular weight is 266 g/mol. The molecule has 20 heavy (non-hydrogen) atoms. The van der Waals surface area contributed by atoms with Crippen LogP contribution in [0.3, 0.4) is 0 Å². The number of aryl methyl sites for hydroxylation is 1. The summed E-state index contributed by atoms with van der Waals surface area (Å²) in [6.07, 6.45) is 0. The van der Waals surface area contributed by atoms with Gasteiger partial charge in [0.25, 0.3) is 0 Å². The van der Waals surface area contributed by atoms with Crippen LogP contribution in [0.4, 0.5) is 0 Å². The van der Waals surface area contributed by atoms with E-state index < -0.39 is 0 Å². The molecule has 0 spiro atoms. The van der Waals surface area contributed by atoms with Crippen LogP contribution < -0.4 is 10.5 Å². The summed E-state index contributed by atoms with van der Waals surface area (Å²) in [6.45, 7) is 4.31. The lowest BCUT2D eigenvalue weighted by atomic mass is 10.1. The fourth-order valence-corrected chi connectivity index (χ4v) is 2.05. The van der Waals surface area contributed by atoms with E-state index in [1.54, 1.807) is 6.07 Å². The molecule has 0 radical (unpaired) electrons. The van der Waals surface area contributed by atoms with Crippen LogP contribution in [0.15, 0.2) is 42.5 Å². The molecule has 2 aromatic rings. The number of benzene rings is 2. The van der Waals surface area contributed by atoms with Crippen molar-refractivity contribution in [3.8, 4) is 11.8 Å². The van der Waals surface area contributed by atoms with Crippen molar-refractivity contribution in [3.63, 3.8) is 0 Å². The van der Waals surface area contributed by atoms with Gasteiger partial charge in [0.15, 0.2) is 0 Å². The molecule has 2 rings (SSSR count). The van der Waals surface area contributed by atoms with Crippen molar-refractivity contribution in [3.05, 3.63) is 64.7 Å². The second-order valence-electron chi connectivity index (χ2n) is 4.89. The van der Waals surface area contributed by atoms with Gasteiger partial charge in [-0.15, -0.1) is 0 Å². The van der Waals surface area contributed by atoms with Crippen molar-refractivity contribution in [2.24, 2.45) is 5.73 Å². The predicted molar refractivity (Wildman–Crippen MR) is 79.3 cm³/mol. The third-order valence-corrected chi connectivity index (χ3v) is 3.18. The fourth-order valence-electron chi connectivity index (χ4n) is 2.05. The number of nitrogens with two attached hydrogens (primary N) is 1. The van der Waals surface area contributed by atoms with E-state index in [-0.39, 0.29) is 6.04 Å². The lowest BCUT2D eigenvalue weighted by Crippen LogP contribution is -2.08. The standard InChI is InChI=1S/C17H18N2O/c1-12-7-8-16(13(2)19)17(9-12)20-11-15-6-4-3-5-14(15)10-18/h3-9,13H,11,19H2,1-2H3/t13-/m1/s1. The van der Waals surface area contributed by atoms with Gasteiger partial charge < -0.3 is 10.5 Å². The van der Waals surface area contributed by atoms with Gasteiger partial charge in [-0.05, 0) is 31.5 Å². The SMILES string of the molecule is Cc1ccc([C@@H](C)N)c(OCc2ccccc2C#N)c1. The van der Waals surface area contributed by atoms with E-state index in [2.05, 4.69) is 6.07 Å². The van der Waals surface area contributed by atoms with E-state index in [0.29, 0.717) is 12.2 Å². The van der Waals surface area contributed by atoms with Crippen LogP contribution in [0.2, 0.25) is 0 Å². The Balaban J connectivity index is 2.23. The van der Waals surface area contributed by atoms with E-state index in [9.17, 15) is 0 Å². The Bertz CT molecular complexity index is 642. The molecule has 0 aliphatic carbocycles. The normalized spacial score (nSPS) is 11.7. The molecule has 2 aromatic carbocycles. The van der Waals surface area contributed by atoms with Gasteiger partial charge >= 0.3 is 0 Å². The van der Waals surface area contributed by atoms with Crippen LogP contribution in [0.25, 0.3) is 0 Å². The molecule has 1 atom stereocenters. The average Bonchev–Trinajstić information content (AvgIpc) is 2.45. The minimum atomic E-state index is -0.0863. The van der Waals surface area contributed by atoms with Crippen LogP contribution in [0.5, 0.6) is 5.75 Å². The van der Waals surface area contributed by atoms with Crippen molar-refractivity contribution in [1.82, 2.24) is 0 Å². The molecule has 0 bridgehead atoms. The van der Waals surface area contributed by atoms with Gasteiger partial charge in [0.2, 0.25) is 0 Å². The van der Waals surface area contributed by atoms with Crippen LogP contribution in [0.1, 0.15) is 35.2 Å². The third kappa shape index (κ3) is 3.17. The molecule has 102 valence electrons. The largest absolute Gasteiger partial charge is 0.489 e. The number of nitriles is 1. The highest BCUT2D eigenvalue weighted by atomic mass is 16.5. The second kappa shape index (κ2) is 6.23. The number of ether oxygens (including phenoxy) is 1. The van der Waals surface area contributed by atoms with Gasteiger partial charge in [-0.2, -0.15) is 5.26 Å². The van der Waals surface area contributed by atoms with Crippen molar-refractivity contribution in [2.45, 2.75) is 26.5 Å². The second-order valence-corrected chi connectivity index (χ2v) is 4.89. The summed E-state index contributed by atoms with van der Waals surface area (Å²) >= 11 is 0. The zero-order chi connectivity index (χ0) is 14.5. The van der Waals surface area contributed by atoms with Gasteiger partial charge in [0.05, 0.1) is 11.6 Å². The molecule has 0 saturated carbocycles. The molecule has 0 aromatic heterocycles. The first kappa shape index (κ1) is 14.1. The van der Waals surface area contributed by atoms with E-state index in [1.165, 1.54) is 0 Å². The molecule has 0 saturated heterocycles. The van der Waals surface area contributed by atoms with Crippen molar-refractivity contribution in [2.75, 3.05) is 0 Å². The third-order valence-electron chi connectivity index (χ3n) is 3.18. The molecule has 0 aliphatic rings. The molecule has 0 fully saturated rings. The number of hydrogen-bond acceptors (Lipinski definition) is 3. The lowest BCUT2D eigenvalue weighted by molar-refractivity contribution is 0.301. The first-order valence-corrected chi connectivity index (χ1v) is 6.58. The molecule has 3 nitrogen and oxygen atoms in total. The first-order chi connectivity index (χ1) is 9.61. The van der Waals surface area contributed by atoms with Crippen LogP contribution in [0, 0.1) is 18.3 Å². The van der Waals surface area contributed by atoms with Gasteiger partial charge in [-0.25, -0.2) is 0 Å². The fraction of sp³-hybridized carbons (Fsp3) is 0.235. The Morgan fingerprint density at radius 2 is 2.00 bits per heavy atom. The molecule has 0 heterocycles. The summed E-state index contributed by atoms with van der Waals surface area (Å²) in [5.74, 6) is 0.785. The highest BCUT2D eigenvalue weighted by Crippen LogP contribution is 2.26. The molecule has 0 unspecified atom stereocenters. The van der Waals surface area contributed by atoms with Crippen LogP contribution in [-0.2, 0) is 6.61 Å². The number of rotatable bonds is 4. The van der Waals surface area contributed by atoms with Gasteiger partial charge in [-0.3, -0.25) is 0 Å². The topological polar surface area (TPSA) is 59.0 Å². The Labute approximate surface area is 119 Å². The van der Waals surface area contributed by atoms with E-state index in [0.717, 1.165) is 22.4 Å². The predicted octanol–water partition coefficient (Wildman–Crippen LogP) is 3.47. The van der Waals surface area contributed by atoms with Gasteiger partial charge in [-0.1, -0.05) is 30.3 Å². The van der Waals surface area contributed by atoms with E-state index in [4.69, 9.17) is 15.7 Å². The Kier molecular flexibility index (Phi) is 4.39. The van der Waals surface area contributed by atoms with E-state index >= 15 is 0 Å². The summed E-state index contributed by atoms with van der Waals surface area (Å²) in [4.78, 5) is 0. The smallest absolute Gasteiger partial charge is 0.124 e.